The van der Waals surface area contributed by atoms with Crippen LogP contribution in [0.1, 0.15) is 27.4 Å². The van der Waals surface area contributed by atoms with Crippen molar-refractivity contribution in [2.75, 3.05) is 0 Å². The number of benzene rings is 1. The van der Waals surface area contributed by atoms with Crippen molar-refractivity contribution in [1.82, 2.24) is 0 Å². The van der Waals surface area contributed by atoms with Crippen molar-refractivity contribution >= 4 is 6.29 Å². The summed E-state index contributed by atoms with van der Waals surface area (Å²) in [4.78, 5) is 10.4. The monoisotopic (exact) mass is 173 g/mol. The van der Waals surface area contributed by atoms with Crippen LogP contribution in [0, 0.1) is 11.3 Å². The van der Waals surface area contributed by atoms with E-state index >= 15 is 0 Å². The van der Waals surface area contributed by atoms with Crippen LogP contribution < -0.4 is 0 Å². The molecule has 0 aromatic heterocycles. The Balaban J connectivity index is 2.51. The van der Waals surface area contributed by atoms with Crippen molar-refractivity contribution in [2.45, 2.75) is 12.3 Å². The van der Waals surface area contributed by atoms with E-state index in [9.17, 15) is 9.90 Å². The Hall–Kier alpha value is -1.82. The first kappa shape index (κ1) is 7.81. The zero-order chi connectivity index (χ0) is 9.42. The Bertz CT molecular complexity index is 418. The standard InChI is InChI=1S/C10H7NO2/c11-4-7-1-6-2-8(5-12)10(13)3-9(6)7/h2-3,5,7,13H,1H2. The molecule has 1 aliphatic carbocycles. The van der Waals surface area contributed by atoms with Crippen LogP contribution in [0.5, 0.6) is 5.75 Å². The molecule has 0 amide bonds. The predicted octanol–water partition coefficient (Wildman–Crippen LogP) is 1.37. The Morgan fingerprint density at radius 1 is 1.62 bits per heavy atom. The lowest BCUT2D eigenvalue weighted by atomic mass is 9.77. The van der Waals surface area contributed by atoms with E-state index in [-0.39, 0.29) is 11.7 Å². The molecule has 0 radical (unpaired) electrons. The van der Waals surface area contributed by atoms with Crippen LogP contribution in [-0.2, 0) is 6.42 Å². The van der Waals surface area contributed by atoms with Crippen LogP contribution >= 0.6 is 0 Å². The van der Waals surface area contributed by atoms with E-state index in [4.69, 9.17) is 5.26 Å². The Morgan fingerprint density at radius 2 is 2.38 bits per heavy atom. The van der Waals surface area contributed by atoms with Gasteiger partial charge in [0.05, 0.1) is 17.6 Å². The van der Waals surface area contributed by atoms with Crippen LogP contribution in [0.4, 0.5) is 0 Å². The van der Waals surface area contributed by atoms with Gasteiger partial charge >= 0.3 is 0 Å². The van der Waals surface area contributed by atoms with Crippen molar-refractivity contribution in [3.8, 4) is 11.8 Å². The number of phenols is 1. The summed E-state index contributed by atoms with van der Waals surface area (Å²) < 4.78 is 0. The van der Waals surface area contributed by atoms with E-state index in [1.807, 2.05) is 0 Å². The molecule has 2 rings (SSSR count). The highest BCUT2D eigenvalue weighted by Crippen LogP contribution is 2.37. The number of fused-ring (bicyclic) bond motifs is 1. The van der Waals surface area contributed by atoms with Gasteiger partial charge in [0.25, 0.3) is 0 Å². The van der Waals surface area contributed by atoms with Gasteiger partial charge in [0.1, 0.15) is 5.75 Å². The van der Waals surface area contributed by atoms with Gasteiger partial charge in [0.2, 0.25) is 0 Å². The third kappa shape index (κ3) is 0.994. The number of aldehydes is 1. The maximum absolute atomic E-state index is 10.4. The minimum absolute atomic E-state index is 0.0336. The number of nitriles is 1. The zero-order valence-electron chi connectivity index (χ0n) is 6.82. The molecule has 64 valence electrons. The molecule has 0 heterocycles. The summed E-state index contributed by atoms with van der Waals surface area (Å²) in [6.45, 7) is 0. The van der Waals surface area contributed by atoms with Crippen molar-refractivity contribution in [3.63, 3.8) is 0 Å². The highest BCUT2D eigenvalue weighted by molar-refractivity contribution is 5.80. The molecule has 1 aliphatic rings. The van der Waals surface area contributed by atoms with Gasteiger partial charge in [0, 0.05) is 0 Å². The molecule has 3 nitrogen and oxygen atoms in total. The van der Waals surface area contributed by atoms with E-state index in [0.717, 1.165) is 11.1 Å². The van der Waals surface area contributed by atoms with Crippen molar-refractivity contribution < 1.29 is 9.90 Å². The molecule has 1 aromatic carbocycles. The summed E-state index contributed by atoms with van der Waals surface area (Å²) in [5.74, 6) is -0.143. The van der Waals surface area contributed by atoms with Gasteiger partial charge in [-0.3, -0.25) is 4.79 Å². The molecular weight excluding hydrogens is 166 g/mol. The summed E-state index contributed by atoms with van der Waals surface area (Å²) in [7, 11) is 0. The summed E-state index contributed by atoms with van der Waals surface area (Å²) in [5, 5.41) is 18.0. The summed E-state index contributed by atoms with van der Waals surface area (Å²) in [5.41, 5.74) is 2.15. The Labute approximate surface area is 75.2 Å². The number of aromatic hydroxyl groups is 1. The summed E-state index contributed by atoms with van der Waals surface area (Å²) in [6, 6.07) is 5.28. The molecular formula is C10H7NO2. The first-order valence-electron chi connectivity index (χ1n) is 3.97. The molecule has 13 heavy (non-hydrogen) atoms. The number of phenolic OH excluding ortho intramolecular Hbond substituents is 1. The lowest BCUT2D eigenvalue weighted by molar-refractivity contribution is 0.112. The van der Waals surface area contributed by atoms with E-state index in [0.29, 0.717) is 18.3 Å². The molecule has 0 aliphatic heterocycles. The molecule has 0 saturated heterocycles. The second kappa shape index (κ2) is 2.60. The van der Waals surface area contributed by atoms with Gasteiger partial charge in [0.15, 0.2) is 6.29 Å². The Kier molecular flexibility index (Phi) is 1.56. The largest absolute Gasteiger partial charge is 0.507 e. The Morgan fingerprint density at radius 3 is 3.00 bits per heavy atom. The lowest BCUT2D eigenvalue weighted by Crippen LogP contribution is -2.15. The van der Waals surface area contributed by atoms with Gasteiger partial charge in [-0.1, -0.05) is 0 Å². The maximum Gasteiger partial charge on any atom is 0.153 e. The SMILES string of the molecule is N#CC1Cc2cc(C=O)c(O)cc21. The fourth-order valence-corrected chi connectivity index (χ4v) is 1.58. The average molecular weight is 173 g/mol. The third-order valence-electron chi connectivity index (χ3n) is 2.37. The van der Waals surface area contributed by atoms with E-state index < -0.39 is 0 Å². The predicted molar refractivity (Wildman–Crippen MR) is 45.6 cm³/mol. The number of carbonyl (C=O) groups is 1. The maximum atomic E-state index is 10.4. The zero-order valence-corrected chi connectivity index (χ0v) is 6.82. The average Bonchev–Trinajstić information content (AvgIpc) is 2.12. The van der Waals surface area contributed by atoms with Crippen molar-refractivity contribution in [1.29, 1.82) is 5.26 Å². The number of carbonyl (C=O) groups excluding carboxylic acids is 1. The molecule has 1 unspecified atom stereocenters. The number of rotatable bonds is 1. The first-order valence-corrected chi connectivity index (χ1v) is 3.97. The molecule has 0 saturated carbocycles. The number of nitrogens with zero attached hydrogens (tertiary/aromatic N) is 1. The van der Waals surface area contributed by atoms with Gasteiger partial charge in [-0.2, -0.15) is 5.26 Å². The fourth-order valence-electron chi connectivity index (χ4n) is 1.58. The van der Waals surface area contributed by atoms with Gasteiger partial charge < -0.3 is 5.11 Å². The lowest BCUT2D eigenvalue weighted by Gasteiger charge is -2.24. The summed E-state index contributed by atoms with van der Waals surface area (Å²) in [6.07, 6.45) is 1.31. The first-order chi connectivity index (χ1) is 6.26. The second-order valence-corrected chi connectivity index (χ2v) is 3.11. The molecule has 1 N–H and O–H groups in total. The van der Waals surface area contributed by atoms with Crippen LogP contribution in [-0.4, -0.2) is 11.4 Å². The third-order valence-corrected chi connectivity index (χ3v) is 2.37. The van der Waals surface area contributed by atoms with Crippen molar-refractivity contribution in [2.24, 2.45) is 0 Å². The molecule has 0 bridgehead atoms. The minimum Gasteiger partial charge on any atom is -0.507 e. The van der Waals surface area contributed by atoms with Crippen LogP contribution in [0.2, 0.25) is 0 Å². The number of hydrogen-bond acceptors (Lipinski definition) is 3. The molecule has 0 fully saturated rings. The van der Waals surface area contributed by atoms with E-state index in [2.05, 4.69) is 6.07 Å². The molecule has 1 aromatic rings. The number of hydrogen-bond donors (Lipinski definition) is 1. The van der Waals surface area contributed by atoms with Crippen molar-refractivity contribution in [3.05, 3.63) is 28.8 Å². The quantitative estimate of drug-likeness (QED) is 0.652. The summed E-state index contributed by atoms with van der Waals surface area (Å²) >= 11 is 0. The van der Waals surface area contributed by atoms with E-state index in [1.54, 1.807) is 6.07 Å². The van der Waals surface area contributed by atoms with Gasteiger partial charge in [-0.05, 0) is 29.7 Å². The normalized spacial score (nSPS) is 18.2. The van der Waals surface area contributed by atoms with Crippen LogP contribution in [0.25, 0.3) is 0 Å². The smallest absolute Gasteiger partial charge is 0.153 e. The molecule has 1 atom stereocenters. The highest BCUT2D eigenvalue weighted by Gasteiger charge is 2.27. The molecule has 0 spiro atoms. The fraction of sp³-hybridized carbons (Fsp3) is 0.200. The van der Waals surface area contributed by atoms with Crippen LogP contribution in [0.15, 0.2) is 12.1 Å². The minimum atomic E-state index is -0.110. The topological polar surface area (TPSA) is 61.1 Å². The van der Waals surface area contributed by atoms with Crippen LogP contribution in [0.3, 0.4) is 0 Å². The van der Waals surface area contributed by atoms with E-state index in [1.165, 1.54) is 6.07 Å². The van der Waals surface area contributed by atoms with Gasteiger partial charge in [-0.25, -0.2) is 0 Å². The second-order valence-electron chi connectivity index (χ2n) is 3.11. The highest BCUT2D eigenvalue weighted by atomic mass is 16.3. The molecule has 3 heteroatoms. The van der Waals surface area contributed by atoms with Gasteiger partial charge in [-0.15, -0.1) is 0 Å².